The number of Topliss-reactive ketones (excluding diaryl/α,β-unsaturated/α-hetero) is 1. The molecule has 0 fully saturated rings. The van der Waals surface area contributed by atoms with Gasteiger partial charge in [0.1, 0.15) is 5.78 Å². The highest BCUT2D eigenvalue weighted by molar-refractivity contribution is 6.01. The van der Waals surface area contributed by atoms with Crippen LogP contribution in [0.25, 0.3) is 0 Å². The molecule has 0 aliphatic carbocycles. The summed E-state index contributed by atoms with van der Waals surface area (Å²) >= 11 is 0. The third-order valence-electron chi connectivity index (χ3n) is 5.29. The molecule has 0 unspecified atom stereocenters. The predicted octanol–water partition coefficient (Wildman–Crippen LogP) is 3.70. The van der Waals surface area contributed by atoms with Crippen LogP contribution in [0.4, 0.5) is 0 Å². The average molecular weight is 358 g/mol. The van der Waals surface area contributed by atoms with Crippen molar-refractivity contribution in [2.75, 3.05) is 14.2 Å². The number of hydrogen-bond donors (Lipinski definition) is 1. The van der Waals surface area contributed by atoms with E-state index in [1.54, 1.807) is 13.8 Å². The minimum absolute atomic E-state index is 0.0187. The predicted molar refractivity (Wildman–Crippen MR) is 101 cm³/mol. The fraction of sp³-hybridized carbons (Fsp3) is 0.900. The lowest BCUT2D eigenvalue weighted by Crippen LogP contribution is -2.41. The zero-order valence-electron chi connectivity index (χ0n) is 17.4. The molecule has 0 saturated carbocycles. The number of hydrogen-bond acceptors (Lipinski definition) is 4. The van der Waals surface area contributed by atoms with Crippen LogP contribution in [0.5, 0.6) is 0 Å². The maximum absolute atomic E-state index is 12.5. The molecule has 5 heteroatoms. The Labute approximate surface area is 154 Å². The van der Waals surface area contributed by atoms with Gasteiger partial charge in [0.2, 0.25) is 0 Å². The molecule has 0 bridgehead atoms. The van der Waals surface area contributed by atoms with E-state index in [0.717, 1.165) is 17.9 Å². The fourth-order valence-corrected chi connectivity index (χ4v) is 3.71. The van der Waals surface area contributed by atoms with Gasteiger partial charge in [-0.25, -0.2) is 5.06 Å². The molecule has 0 aliphatic rings. The second-order valence-corrected chi connectivity index (χ2v) is 7.87. The molecule has 0 radical (unpaired) electrons. The van der Waals surface area contributed by atoms with Gasteiger partial charge in [-0.3, -0.25) is 14.4 Å². The normalized spacial score (nSPS) is 18.8. The number of carbonyl (C=O) groups excluding carboxylic acids is 2. The summed E-state index contributed by atoms with van der Waals surface area (Å²) in [6.45, 7) is 12.0. The first kappa shape index (κ1) is 24.1. The zero-order valence-corrected chi connectivity index (χ0v) is 17.4. The summed E-state index contributed by atoms with van der Waals surface area (Å²) in [5.41, 5.74) is 0. The molecule has 0 aliphatic heterocycles. The second kappa shape index (κ2) is 11.6. The lowest BCUT2D eigenvalue weighted by molar-refractivity contribution is -0.174. The third-order valence-corrected chi connectivity index (χ3v) is 5.29. The SMILES string of the molecule is CCC[C@H](C)C[C@H](C)C[C@H](C)[C@H](O)[C@@H](C)C(=O)[C@@H](C)C(=O)N(C)OC. The number of aliphatic hydroxyl groups is 1. The number of ketones is 1. The third kappa shape index (κ3) is 7.87. The maximum atomic E-state index is 12.5. The topological polar surface area (TPSA) is 66.8 Å². The van der Waals surface area contributed by atoms with Gasteiger partial charge in [0.25, 0.3) is 5.91 Å². The molecule has 0 rings (SSSR count). The Morgan fingerprint density at radius 3 is 2.08 bits per heavy atom. The summed E-state index contributed by atoms with van der Waals surface area (Å²) in [6, 6.07) is 0. The van der Waals surface area contributed by atoms with Crippen LogP contribution in [-0.4, -0.2) is 42.1 Å². The van der Waals surface area contributed by atoms with E-state index in [-0.39, 0.29) is 17.6 Å². The van der Waals surface area contributed by atoms with Crippen molar-refractivity contribution < 1.29 is 19.5 Å². The molecule has 0 spiro atoms. The van der Waals surface area contributed by atoms with Crippen molar-refractivity contribution in [1.29, 1.82) is 0 Å². The summed E-state index contributed by atoms with van der Waals surface area (Å²) in [5.74, 6) is -0.799. The second-order valence-electron chi connectivity index (χ2n) is 7.87. The molecule has 0 aromatic carbocycles. The van der Waals surface area contributed by atoms with Crippen molar-refractivity contribution in [2.24, 2.45) is 29.6 Å². The van der Waals surface area contributed by atoms with Crippen molar-refractivity contribution in [3.63, 3.8) is 0 Å². The van der Waals surface area contributed by atoms with Crippen molar-refractivity contribution in [1.82, 2.24) is 5.06 Å². The standard InChI is InChI=1S/C20H39NO4/c1-9-10-13(2)11-14(3)12-15(4)18(22)16(5)19(23)17(6)20(24)21(7)25-8/h13-18,22H,9-12H2,1-8H3/t13-,14-,15-,16+,17+,18-/m0/s1. The highest BCUT2D eigenvalue weighted by Crippen LogP contribution is 2.27. The number of amides is 1. The number of rotatable bonds is 12. The van der Waals surface area contributed by atoms with Crippen molar-refractivity contribution in [3.05, 3.63) is 0 Å². The first-order valence-electron chi connectivity index (χ1n) is 9.60. The maximum Gasteiger partial charge on any atom is 0.256 e. The molecular formula is C20H39NO4. The summed E-state index contributed by atoms with van der Waals surface area (Å²) in [6.07, 6.45) is 3.70. The van der Waals surface area contributed by atoms with Crippen LogP contribution in [0.3, 0.4) is 0 Å². The Kier molecular flexibility index (Phi) is 11.2. The van der Waals surface area contributed by atoms with E-state index in [0.29, 0.717) is 11.8 Å². The molecule has 0 aromatic heterocycles. The van der Waals surface area contributed by atoms with E-state index in [2.05, 4.69) is 20.8 Å². The van der Waals surface area contributed by atoms with Gasteiger partial charge in [-0.15, -0.1) is 0 Å². The summed E-state index contributed by atoms with van der Waals surface area (Å²) in [4.78, 5) is 29.5. The lowest BCUT2D eigenvalue weighted by atomic mass is 9.80. The van der Waals surface area contributed by atoms with E-state index >= 15 is 0 Å². The van der Waals surface area contributed by atoms with Gasteiger partial charge >= 0.3 is 0 Å². The minimum Gasteiger partial charge on any atom is -0.392 e. The van der Waals surface area contributed by atoms with Gasteiger partial charge in [-0.05, 0) is 37.5 Å². The van der Waals surface area contributed by atoms with Gasteiger partial charge in [-0.2, -0.15) is 0 Å². The average Bonchev–Trinajstić information content (AvgIpc) is 2.57. The van der Waals surface area contributed by atoms with Gasteiger partial charge in [0.05, 0.1) is 19.1 Å². The molecule has 0 aromatic rings. The highest BCUT2D eigenvalue weighted by Gasteiger charge is 2.34. The van der Waals surface area contributed by atoms with Crippen molar-refractivity contribution in [3.8, 4) is 0 Å². The molecular weight excluding hydrogens is 318 g/mol. The highest BCUT2D eigenvalue weighted by atomic mass is 16.7. The molecule has 1 N–H and O–H groups in total. The Bertz CT molecular complexity index is 413. The first-order valence-corrected chi connectivity index (χ1v) is 9.60. The van der Waals surface area contributed by atoms with Crippen molar-refractivity contribution in [2.45, 2.75) is 73.3 Å². The number of nitrogens with zero attached hydrogens (tertiary/aromatic N) is 1. The molecule has 0 heterocycles. The van der Waals surface area contributed by atoms with Crippen molar-refractivity contribution >= 4 is 11.7 Å². The Balaban J connectivity index is 4.67. The molecule has 1 amide bonds. The van der Waals surface area contributed by atoms with Crippen LogP contribution in [0, 0.1) is 29.6 Å². The molecule has 148 valence electrons. The fourth-order valence-electron chi connectivity index (χ4n) is 3.71. The van der Waals surface area contributed by atoms with Crippen LogP contribution in [0.15, 0.2) is 0 Å². The largest absolute Gasteiger partial charge is 0.392 e. The first-order chi connectivity index (χ1) is 11.6. The number of aliphatic hydroxyl groups excluding tert-OH is 1. The molecule has 6 atom stereocenters. The molecule has 25 heavy (non-hydrogen) atoms. The van der Waals surface area contributed by atoms with Gasteiger partial charge < -0.3 is 5.11 Å². The summed E-state index contributed by atoms with van der Waals surface area (Å²) in [7, 11) is 2.87. The number of carbonyl (C=O) groups is 2. The Hall–Kier alpha value is -0.940. The van der Waals surface area contributed by atoms with Crippen LogP contribution in [0.1, 0.15) is 67.2 Å². The Morgan fingerprint density at radius 1 is 1.04 bits per heavy atom. The van der Waals surface area contributed by atoms with Crippen LogP contribution in [-0.2, 0) is 14.4 Å². The van der Waals surface area contributed by atoms with E-state index in [9.17, 15) is 14.7 Å². The zero-order chi connectivity index (χ0) is 19.7. The lowest BCUT2D eigenvalue weighted by Gasteiger charge is -2.29. The van der Waals surface area contributed by atoms with Gasteiger partial charge in [-0.1, -0.05) is 47.5 Å². The van der Waals surface area contributed by atoms with Crippen LogP contribution in [0.2, 0.25) is 0 Å². The smallest absolute Gasteiger partial charge is 0.256 e. The van der Waals surface area contributed by atoms with E-state index in [1.165, 1.54) is 27.0 Å². The number of hydroxylamine groups is 2. The van der Waals surface area contributed by atoms with E-state index < -0.39 is 17.9 Å². The van der Waals surface area contributed by atoms with Gasteiger partial charge in [0.15, 0.2) is 0 Å². The Morgan fingerprint density at radius 2 is 1.60 bits per heavy atom. The monoisotopic (exact) mass is 357 g/mol. The summed E-state index contributed by atoms with van der Waals surface area (Å²) in [5, 5.41) is 11.7. The minimum atomic E-state index is -0.816. The van der Waals surface area contributed by atoms with E-state index in [4.69, 9.17) is 4.84 Å². The quantitative estimate of drug-likeness (QED) is 0.427. The van der Waals surface area contributed by atoms with E-state index in [1.807, 2.05) is 6.92 Å². The van der Waals surface area contributed by atoms with Crippen LogP contribution >= 0.6 is 0 Å². The molecule has 0 saturated heterocycles. The summed E-state index contributed by atoms with van der Waals surface area (Å²) < 4.78 is 0. The molecule has 5 nitrogen and oxygen atoms in total. The van der Waals surface area contributed by atoms with Crippen LogP contribution < -0.4 is 0 Å². The van der Waals surface area contributed by atoms with Gasteiger partial charge in [0, 0.05) is 13.0 Å².